The minimum Gasteiger partial charge on any atom is -0.496 e. The maximum Gasteiger partial charge on any atom is 0.123 e. The van der Waals surface area contributed by atoms with Crippen LogP contribution in [0, 0.1) is 20.8 Å². The molecule has 3 nitrogen and oxygen atoms in total. The lowest BCUT2D eigenvalue weighted by molar-refractivity contribution is 0.412. The Balaban J connectivity index is 2.20. The van der Waals surface area contributed by atoms with E-state index in [1.807, 2.05) is 6.07 Å². The van der Waals surface area contributed by atoms with Gasteiger partial charge in [-0.25, -0.2) is 0 Å². The molecule has 120 valence electrons. The zero-order chi connectivity index (χ0) is 16.7. The molecule has 1 unspecified atom stereocenters. The molecule has 0 spiro atoms. The van der Waals surface area contributed by atoms with E-state index < -0.39 is 0 Å². The van der Waals surface area contributed by atoms with E-state index in [2.05, 4.69) is 67.2 Å². The van der Waals surface area contributed by atoms with Gasteiger partial charge in [0.1, 0.15) is 5.75 Å². The number of aryl methyl sites for hydroxylation is 2. The topological polar surface area (TPSA) is 33.6 Å². The molecule has 2 aromatic carbocycles. The van der Waals surface area contributed by atoms with Crippen LogP contribution in [0.3, 0.4) is 0 Å². The predicted molar refractivity (Wildman–Crippen MR) is 99.3 cm³/mol. The van der Waals surface area contributed by atoms with Gasteiger partial charge < -0.3 is 10.1 Å². The van der Waals surface area contributed by atoms with E-state index in [1.165, 1.54) is 16.3 Å². The lowest BCUT2D eigenvalue weighted by Crippen LogP contribution is -2.28. The van der Waals surface area contributed by atoms with Crippen LogP contribution < -0.4 is 20.6 Å². The Morgan fingerprint density at radius 3 is 2.57 bits per heavy atom. The average Bonchev–Trinajstić information content (AvgIpc) is 2.88. The fourth-order valence-corrected chi connectivity index (χ4v) is 3.76. The number of anilines is 2. The molecular formula is C19H21BrN2O. The van der Waals surface area contributed by atoms with Crippen molar-refractivity contribution in [1.29, 1.82) is 0 Å². The molecule has 23 heavy (non-hydrogen) atoms. The number of hydrogen-bond acceptors (Lipinski definition) is 3. The van der Waals surface area contributed by atoms with E-state index in [0.29, 0.717) is 0 Å². The SMILES string of the molecule is COc1ccc(C)c(Nc2c(Br)cc(C)c3c2=CC(C)N=3)c1C. The molecule has 1 aliphatic rings. The highest BCUT2D eigenvalue weighted by molar-refractivity contribution is 9.10. The summed E-state index contributed by atoms with van der Waals surface area (Å²) in [6.07, 6.45) is 2.21. The molecule has 1 aliphatic heterocycles. The van der Waals surface area contributed by atoms with Gasteiger partial charge in [-0.15, -0.1) is 0 Å². The van der Waals surface area contributed by atoms with E-state index in [1.54, 1.807) is 7.11 Å². The summed E-state index contributed by atoms with van der Waals surface area (Å²) < 4.78 is 6.51. The van der Waals surface area contributed by atoms with Crippen molar-refractivity contribution in [2.24, 2.45) is 4.99 Å². The predicted octanol–water partition coefficient (Wildman–Crippen LogP) is 3.93. The molecule has 2 aromatic rings. The number of fused-ring (bicyclic) bond motifs is 1. The number of nitrogens with one attached hydrogen (secondary N) is 1. The molecule has 1 N–H and O–H groups in total. The lowest BCUT2D eigenvalue weighted by atomic mass is 10.1. The first kappa shape index (κ1) is 16.1. The van der Waals surface area contributed by atoms with Crippen LogP contribution in [0.1, 0.15) is 23.6 Å². The quantitative estimate of drug-likeness (QED) is 0.885. The summed E-state index contributed by atoms with van der Waals surface area (Å²) in [5, 5.41) is 5.87. The third-order valence-corrected chi connectivity index (χ3v) is 4.94. The first-order chi connectivity index (χ1) is 10.9. The lowest BCUT2D eigenvalue weighted by Gasteiger charge is -2.17. The van der Waals surface area contributed by atoms with Crippen LogP contribution in [0.25, 0.3) is 6.08 Å². The normalized spacial score (nSPS) is 15.7. The minimum atomic E-state index is 0.214. The highest BCUT2D eigenvalue weighted by atomic mass is 79.9. The Morgan fingerprint density at radius 2 is 1.87 bits per heavy atom. The fourth-order valence-electron chi connectivity index (χ4n) is 3.10. The van der Waals surface area contributed by atoms with Crippen LogP contribution in [0.15, 0.2) is 27.7 Å². The van der Waals surface area contributed by atoms with Crippen LogP contribution in [0.5, 0.6) is 5.75 Å². The minimum absolute atomic E-state index is 0.214. The van der Waals surface area contributed by atoms with Gasteiger partial charge in [0.15, 0.2) is 0 Å². The summed E-state index contributed by atoms with van der Waals surface area (Å²) >= 11 is 3.71. The van der Waals surface area contributed by atoms with Crippen LogP contribution >= 0.6 is 15.9 Å². The van der Waals surface area contributed by atoms with Crippen LogP contribution in [-0.2, 0) is 0 Å². The Bertz CT molecular complexity index is 903. The highest BCUT2D eigenvalue weighted by Gasteiger charge is 2.15. The summed E-state index contributed by atoms with van der Waals surface area (Å²) in [7, 11) is 1.70. The van der Waals surface area contributed by atoms with E-state index in [-0.39, 0.29) is 6.04 Å². The van der Waals surface area contributed by atoms with Crippen molar-refractivity contribution in [3.8, 4) is 5.75 Å². The van der Waals surface area contributed by atoms with Gasteiger partial charge in [0.05, 0.1) is 24.2 Å². The van der Waals surface area contributed by atoms with Gasteiger partial charge in [0.25, 0.3) is 0 Å². The van der Waals surface area contributed by atoms with Crippen molar-refractivity contribution in [3.63, 3.8) is 0 Å². The molecule has 3 rings (SSSR count). The average molecular weight is 373 g/mol. The second-order valence-corrected chi connectivity index (χ2v) is 6.91. The van der Waals surface area contributed by atoms with Crippen molar-refractivity contribution in [3.05, 3.63) is 49.9 Å². The van der Waals surface area contributed by atoms with E-state index >= 15 is 0 Å². The molecule has 0 saturated carbocycles. The zero-order valence-electron chi connectivity index (χ0n) is 14.1. The van der Waals surface area contributed by atoms with Gasteiger partial charge in [-0.3, -0.25) is 4.99 Å². The maximum absolute atomic E-state index is 5.46. The van der Waals surface area contributed by atoms with Gasteiger partial charge in [-0.1, -0.05) is 6.07 Å². The smallest absolute Gasteiger partial charge is 0.123 e. The van der Waals surface area contributed by atoms with Crippen LogP contribution in [-0.4, -0.2) is 13.2 Å². The van der Waals surface area contributed by atoms with E-state index in [9.17, 15) is 0 Å². The van der Waals surface area contributed by atoms with Gasteiger partial charge in [0.2, 0.25) is 0 Å². The van der Waals surface area contributed by atoms with Gasteiger partial charge in [-0.2, -0.15) is 0 Å². The summed E-state index contributed by atoms with van der Waals surface area (Å²) in [5.41, 5.74) is 5.64. The van der Waals surface area contributed by atoms with Crippen molar-refractivity contribution in [1.82, 2.24) is 0 Å². The monoisotopic (exact) mass is 372 g/mol. The molecule has 4 heteroatoms. The highest BCUT2D eigenvalue weighted by Crippen LogP contribution is 2.32. The van der Waals surface area contributed by atoms with Gasteiger partial charge in [-0.05, 0) is 73.0 Å². The molecule has 0 fully saturated rings. The van der Waals surface area contributed by atoms with Crippen molar-refractivity contribution < 1.29 is 4.74 Å². The van der Waals surface area contributed by atoms with E-state index in [0.717, 1.165) is 32.5 Å². The Morgan fingerprint density at radius 1 is 1.13 bits per heavy atom. The van der Waals surface area contributed by atoms with Crippen molar-refractivity contribution in [2.75, 3.05) is 12.4 Å². The van der Waals surface area contributed by atoms with Gasteiger partial charge in [0, 0.05) is 20.9 Å². The molecule has 1 atom stereocenters. The summed E-state index contributed by atoms with van der Waals surface area (Å²) in [4.78, 5) is 4.73. The maximum atomic E-state index is 5.46. The molecule has 0 amide bonds. The Hall–Kier alpha value is -1.81. The standard InChI is InChI=1S/C19H21BrN2O/c1-10-6-7-16(23-5)13(4)17(10)22-19-14-9-12(3)21-18(14)11(2)8-15(19)20/h6-9,12,22H,1-5H3. The Kier molecular flexibility index (Phi) is 4.19. The van der Waals surface area contributed by atoms with Crippen molar-refractivity contribution >= 4 is 33.4 Å². The first-order valence-corrected chi connectivity index (χ1v) is 8.51. The number of rotatable bonds is 3. The number of ether oxygens (including phenoxy) is 1. The number of nitrogens with zero attached hydrogens (tertiary/aromatic N) is 1. The fraction of sp³-hybridized carbons (Fsp3) is 0.316. The number of benzene rings is 2. The molecule has 1 heterocycles. The number of halogens is 1. The summed E-state index contributed by atoms with van der Waals surface area (Å²) in [6, 6.07) is 6.42. The molecule has 0 saturated heterocycles. The summed E-state index contributed by atoms with van der Waals surface area (Å²) in [5.74, 6) is 0.889. The number of hydrogen-bond donors (Lipinski definition) is 1. The second kappa shape index (κ2) is 6.00. The zero-order valence-corrected chi connectivity index (χ0v) is 15.7. The first-order valence-electron chi connectivity index (χ1n) is 7.72. The van der Waals surface area contributed by atoms with E-state index in [4.69, 9.17) is 9.73 Å². The van der Waals surface area contributed by atoms with Crippen molar-refractivity contribution in [2.45, 2.75) is 33.7 Å². The molecule has 0 radical (unpaired) electrons. The van der Waals surface area contributed by atoms with Gasteiger partial charge >= 0.3 is 0 Å². The molecular weight excluding hydrogens is 352 g/mol. The van der Waals surface area contributed by atoms with Crippen LogP contribution in [0.2, 0.25) is 0 Å². The third-order valence-electron chi connectivity index (χ3n) is 4.31. The van der Waals surface area contributed by atoms with Crippen LogP contribution in [0.4, 0.5) is 11.4 Å². The molecule has 0 aromatic heterocycles. The summed E-state index contributed by atoms with van der Waals surface area (Å²) in [6.45, 7) is 8.39. The third kappa shape index (κ3) is 2.76. The number of methoxy groups -OCH3 is 1. The largest absolute Gasteiger partial charge is 0.496 e. The Labute approximate surface area is 145 Å². The molecule has 0 bridgehead atoms. The molecule has 0 aliphatic carbocycles. The second-order valence-electron chi connectivity index (χ2n) is 6.06.